The van der Waals surface area contributed by atoms with E-state index in [1.54, 1.807) is 16.5 Å². The summed E-state index contributed by atoms with van der Waals surface area (Å²) in [5.41, 5.74) is 0.0641. The minimum absolute atomic E-state index is 0.208. The van der Waals surface area contributed by atoms with Crippen LogP contribution in [-0.4, -0.2) is 54.4 Å². The van der Waals surface area contributed by atoms with Gasteiger partial charge in [-0.3, -0.25) is 4.99 Å². The molecule has 1 aromatic heterocycles. The first-order valence-electron chi connectivity index (χ1n) is 8.36. The number of piperidine rings is 1. The number of hydrogen-bond donors (Lipinski definition) is 0. The molecular formula is C17H27N3O4S. The maximum atomic E-state index is 12.2. The molecule has 0 atom stereocenters. The second-order valence-electron chi connectivity index (χ2n) is 7.11. The van der Waals surface area contributed by atoms with Crippen LogP contribution in [0.15, 0.2) is 4.99 Å². The van der Waals surface area contributed by atoms with E-state index in [1.165, 1.54) is 18.4 Å². The molecule has 7 nitrogen and oxygen atoms in total. The second kappa shape index (κ2) is 7.59. The van der Waals surface area contributed by atoms with Crippen molar-refractivity contribution >= 4 is 23.4 Å². The molecule has 2 heterocycles. The van der Waals surface area contributed by atoms with Gasteiger partial charge in [0.1, 0.15) is 11.3 Å². The fraction of sp³-hybridized carbons (Fsp3) is 0.706. The van der Waals surface area contributed by atoms with E-state index in [1.807, 2.05) is 27.8 Å². The molecule has 140 valence electrons. The average Bonchev–Trinajstić information content (AvgIpc) is 2.89. The summed E-state index contributed by atoms with van der Waals surface area (Å²) in [5.74, 6) is -0.141. The van der Waals surface area contributed by atoms with Gasteiger partial charge in [0.2, 0.25) is 0 Å². The zero-order chi connectivity index (χ0) is 18.8. The molecule has 1 aliphatic rings. The lowest BCUT2D eigenvalue weighted by molar-refractivity contribution is 0.0204. The Bertz CT molecular complexity index is 706. The highest BCUT2D eigenvalue weighted by Crippen LogP contribution is 2.33. The predicted octanol–water partition coefficient (Wildman–Crippen LogP) is 2.52. The number of nitrogens with zero attached hydrogens (tertiary/aromatic N) is 3. The average molecular weight is 369 g/mol. The fourth-order valence-electron chi connectivity index (χ4n) is 2.93. The molecule has 8 heteroatoms. The van der Waals surface area contributed by atoms with Crippen molar-refractivity contribution in [2.24, 2.45) is 12.0 Å². The predicted molar refractivity (Wildman–Crippen MR) is 95.9 cm³/mol. The van der Waals surface area contributed by atoms with Crippen LogP contribution in [-0.2, 0) is 16.5 Å². The summed E-state index contributed by atoms with van der Waals surface area (Å²) in [6.45, 7) is 6.81. The van der Waals surface area contributed by atoms with Crippen molar-refractivity contribution in [1.29, 1.82) is 0 Å². The number of likely N-dealkylation sites (tertiary alicyclic amines) is 1. The Hall–Kier alpha value is -1.83. The summed E-state index contributed by atoms with van der Waals surface area (Å²) in [7, 11) is 4.92. The van der Waals surface area contributed by atoms with Gasteiger partial charge in [-0.25, -0.2) is 9.59 Å². The molecule has 0 bridgehead atoms. The monoisotopic (exact) mass is 369 g/mol. The molecule has 0 aliphatic carbocycles. The van der Waals surface area contributed by atoms with E-state index in [4.69, 9.17) is 9.47 Å². The fourth-order valence-corrected chi connectivity index (χ4v) is 4.17. The Kier molecular flexibility index (Phi) is 5.92. The van der Waals surface area contributed by atoms with Gasteiger partial charge in [0.05, 0.1) is 7.11 Å². The largest absolute Gasteiger partial charge is 0.464 e. The van der Waals surface area contributed by atoms with Crippen LogP contribution in [0.25, 0.3) is 0 Å². The number of amides is 1. The summed E-state index contributed by atoms with van der Waals surface area (Å²) in [6, 6.07) is 0. The molecule has 1 amide bonds. The lowest BCUT2D eigenvalue weighted by Gasteiger charge is -2.33. The van der Waals surface area contributed by atoms with Crippen molar-refractivity contribution in [2.75, 3.05) is 27.2 Å². The first-order chi connectivity index (χ1) is 11.7. The lowest BCUT2D eigenvalue weighted by atomic mass is 9.94. The minimum atomic E-state index is -0.495. The molecule has 0 saturated carbocycles. The molecule has 0 spiro atoms. The van der Waals surface area contributed by atoms with Crippen LogP contribution >= 0.6 is 11.3 Å². The van der Waals surface area contributed by atoms with Crippen molar-refractivity contribution in [1.82, 2.24) is 9.47 Å². The third kappa shape index (κ3) is 4.42. The highest BCUT2D eigenvalue weighted by molar-refractivity contribution is 7.09. The summed E-state index contributed by atoms with van der Waals surface area (Å²) in [4.78, 5) is 32.1. The minimum Gasteiger partial charge on any atom is -0.464 e. The third-order valence-electron chi connectivity index (χ3n) is 4.14. The van der Waals surface area contributed by atoms with Crippen LogP contribution in [0.4, 0.5) is 4.79 Å². The molecule has 0 unspecified atom stereocenters. The van der Waals surface area contributed by atoms with E-state index in [0.717, 1.165) is 22.5 Å². The van der Waals surface area contributed by atoms with Crippen LogP contribution in [0.3, 0.4) is 0 Å². The molecule has 1 aliphatic heterocycles. The molecule has 0 N–H and O–H groups in total. The topological polar surface area (TPSA) is 73.1 Å². The normalized spacial score (nSPS) is 16.9. The summed E-state index contributed by atoms with van der Waals surface area (Å²) < 4.78 is 12.2. The molecule has 0 aromatic carbocycles. The van der Waals surface area contributed by atoms with Gasteiger partial charge in [0.25, 0.3) is 0 Å². The van der Waals surface area contributed by atoms with Crippen LogP contribution in [0.1, 0.15) is 54.9 Å². The Labute approximate surface area is 152 Å². The smallest absolute Gasteiger partial charge is 0.410 e. The SMILES string of the molecule is CN=c1sc(C2CCN(C(=O)OC(C)(C)C)CC2)c(C(=O)OC)n1C. The van der Waals surface area contributed by atoms with Gasteiger partial charge < -0.3 is 18.9 Å². The molecule has 0 radical (unpaired) electrons. The van der Waals surface area contributed by atoms with Gasteiger partial charge in [-0.15, -0.1) is 11.3 Å². The maximum Gasteiger partial charge on any atom is 0.410 e. The highest BCUT2D eigenvalue weighted by Gasteiger charge is 2.31. The maximum absolute atomic E-state index is 12.2. The number of carbonyl (C=O) groups is 2. The number of rotatable bonds is 2. The number of esters is 1. The zero-order valence-corrected chi connectivity index (χ0v) is 16.6. The Morgan fingerprint density at radius 1 is 1.24 bits per heavy atom. The van der Waals surface area contributed by atoms with Gasteiger partial charge in [-0.2, -0.15) is 0 Å². The summed E-state index contributed by atoms with van der Waals surface area (Å²) >= 11 is 1.52. The first-order valence-corrected chi connectivity index (χ1v) is 9.18. The van der Waals surface area contributed by atoms with Crippen LogP contribution in [0, 0.1) is 0 Å². The molecule has 1 aromatic rings. The van der Waals surface area contributed by atoms with Gasteiger partial charge in [0.15, 0.2) is 4.80 Å². The van der Waals surface area contributed by atoms with Crippen LogP contribution in [0.2, 0.25) is 0 Å². The van der Waals surface area contributed by atoms with Gasteiger partial charge in [-0.05, 0) is 39.5 Å². The quantitative estimate of drug-likeness (QED) is 0.751. The van der Waals surface area contributed by atoms with Crippen molar-refractivity contribution in [3.63, 3.8) is 0 Å². The Morgan fingerprint density at radius 3 is 2.32 bits per heavy atom. The molecule has 2 rings (SSSR count). The highest BCUT2D eigenvalue weighted by atomic mass is 32.1. The summed E-state index contributed by atoms with van der Waals surface area (Å²) in [5, 5.41) is 0. The third-order valence-corrected chi connectivity index (χ3v) is 5.53. The standard InChI is InChI=1S/C17H27N3O4S/c1-17(2,3)24-16(22)20-9-7-11(8-10-20)13-12(14(21)23-6)19(5)15(18-4)25-13/h11H,7-10H2,1-6H3. The molecule has 1 fully saturated rings. The van der Waals surface area contributed by atoms with Crippen LogP contribution in [0.5, 0.6) is 0 Å². The van der Waals surface area contributed by atoms with Crippen LogP contribution < -0.4 is 4.80 Å². The van der Waals surface area contributed by atoms with E-state index < -0.39 is 5.60 Å². The number of methoxy groups -OCH3 is 1. The van der Waals surface area contributed by atoms with E-state index in [-0.39, 0.29) is 18.0 Å². The molecular weight excluding hydrogens is 342 g/mol. The van der Waals surface area contributed by atoms with Gasteiger partial charge >= 0.3 is 12.1 Å². The zero-order valence-electron chi connectivity index (χ0n) is 15.8. The van der Waals surface area contributed by atoms with E-state index in [2.05, 4.69) is 4.99 Å². The molecule has 1 saturated heterocycles. The van der Waals surface area contributed by atoms with Crippen molar-refractivity contribution in [2.45, 2.75) is 45.1 Å². The number of aromatic nitrogens is 1. The first kappa shape index (κ1) is 19.5. The van der Waals surface area contributed by atoms with E-state index >= 15 is 0 Å². The van der Waals surface area contributed by atoms with Crippen molar-refractivity contribution in [3.8, 4) is 0 Å². The van der Waals surface area contributed by atoms with Crippen molar-refractivity contribution in [3.05, 3.63) is 15.4 Å². The van der Waals surface area contributed by atoms with E-state index in [9.17, 15) is 9.59 Å². The van der Waals surface area contributed by atoms with Gasteiger partial charge in [0, 0.05) is 32.1 Å². The number of ether oxygens (including phenoxy) is 2. The second-order valence-corrected chi connectivity index (χ2v) is 8.12. The Morgan fingerprint density at radius 2 is 1.84 bits per heavy atom. The number of carbonyl (C=O) groups excluding carboxylic acids is 2. The number of hydrogen-bond acceptors (Lipinski definition) is 6. The van der Waals surface area contributed by atoms with Gasteiger partial charge in [-0.1, -0.05) is 0 Å². The summed E-state index contributed by atoms with van der Waals surface area (Å²) in [6.07, 6.45) is 1.29. The Balaban J connectivity index is 2.16. The van der Waals surface area contributed by atoms with E-state index in [0.29, 0.717) is 18.8 Å². The lowest BCUT2D eigenvalue weighted by Crippen LogP contribution is -2.41. The molecule has 25 heavy (non-hydrogen) atoms. The van der Waals surface area contributed by atoms with Crippen molar-refractivity contribution < 1.29 is 19.1 Å². The number of thiazole rings is 1.